The van der Waals surface area contributed by atoms with Gasteiger partial charge in [-0.25, -0.2) is 9.78 Å². The van der Waals surface area contributed by atoms with E-state index in [1.165, 1.54) is 19.9 Å². The molecule has 0 radical (unpaired) electrons. The Morgan fingerprint density at radius 1 is 1.13 bits per heavy atom. The first-order chi connectivity index (χ1) is 18.2. The third-order valence-electron chi connectivity index (χ3n) is 6.76. The molecule has 0 N–H and O–H groups in total. The van der Waals surface area contributed by atoms with Gasteiger partial charge in [0.1, 0.15) is 12.1 Å². The highest BCUT2D eigenvalue weighted by Gasteiger charge is 2.31. The molecule has 1 saturated heterocycles. The van der Waals surface area contributed by atoms with Gasteiger partial charge in [-0.1, -0.05) is 19.1 Å². The molecular formula is C26H29F3N6O3. The molecular weight excluding hydrogens is 501 g/mol. The summed E-state index contributed by atoms with van der Waals surface area (Å²) in [7, 11) is 0. The number of benzene rings is 1. The van der Waals surface area contributed by atoms with E-state index in [4.69, 9.17) is 9.72 Å². The molecule has 1 aliphatic rings. The summed E-state index contributed by atoms with van der Waals surface area (Å²) in [6.07, 6.45) is 1.48. The molecule has 1 unspecified atom stereocenters. The number of rotatable bonds is 7. The number of hydrogen-bond acceptors (Lipinski definition) is 5. The molecule has 4 heterocycles. The van der Waals surface area contributed by atoms with Crippen LogP contribution in [-0.4, -0.2) is 35.1 Å². The smallest absolute Gasteiger partial charge is 0.358 e. The van der Waals surface area contributed by atoms with Crippen molar-refractivity contribution in [2.75, 3.05) is 6.61 Å². The number of nitrogens with zero attached hydrogens (tertiary/aromatic N) is 6. The highest BCUT2D eigenvalue weighted by atomic mass is 19.4. The van der Waals surface area contributed by atoms with Crippen LogP contribution in [0.1, 0.15) is 56.9 Å². The topological polar surface area (TPSA) is 88.9 Å². The third kappa shape index (κ3) is 4.68. The predicted octanol–water partition coefficient (Wildman–Crippen LogP) is 4.42. The van der Waals surface area contributed by atoms with E-state index in [1.54, 1.807) is 23.0 Å². The first kappa shape index (κ1) is 26.0. The van der Waals surface area contributed by atoms with Gasteiger partial charge in [-0.2, -0.15) is 18.3 Å². The number of imidazole rings is 1. The van der Waals surface area contributed by atoms with Crippen molar-refractivity contribution in [3.63, 3.8) is 0 Å². The van der Waals surface area contributed by atoms with Gasteiger partial charge in [0, 0.05) is 25.9 Å². The summed E-state index contributed by atoms with van der Waals surface area (Å²) in [6.45, 7) is 5.00. The quantitative estimate of drug-likeness (QED) is 0.353. The van der Waals surface area contributed by atoms with Crippen LogP contribution in [0.3, 0.4) is 0 Å². The predicted molar refractivity (Wildman–Crippen MR) is 135 cm³/mol. The number of aryl methyl sites for hydroxylation is 1. The SMILES string of the molecule is CCCn1c(=O)c2c(nc(-c3cnn(Cc4cccc(C(F)(F)F)c4)c3)n2C2CCCCO2)n(CC)c1=O. The highest BCUT2D eigenvalue weighted by molar-refractivity contribution is 5.77. The molecule has 5 rings (SSSR count). The van der Waals surface area contributed by atoms with Crippen LogP contribution < -0.4 is 11.2 Å². The molecule has 38 heavy (non-hydrogen) atoms. The number of hydrogen-bond donors (Lipinski definition) is 0. The highest BCUT2D eigenvalue weighted by Crippen LogP contribution is 2.32. The van der Waals surface area contributed by atoms with E-state index in [0.29, 0.717) is 48.5 Å². The van der Waals surface area contributed by atoms with E-state index < -0.39 is 29.2 Å². The monoisotopic (exact) mass is 530 g/mol. The molecule has 0 spiro atoms. The van der Waals surface area contributed by atoms with Crippen LogP contribution in [-0.2, 0) is 30.5 Å². The zero-order chi connectivity index (χ0) is 27.0. The Bertz CT molecular complexity index is 1570. The standard InChI is InChI=1S/C26H29F3N6O3/c1-3-11-34-24(36)21-23(33(4-2)25(34)37)31-22(35(21)20-10-5-6-12-38-20)18-14-30-32(16-18)15-17-8-7-9-19(13-17)26(27,28)29/h7-9,13-14,16,20H,3-6,10-12,15H2,1-2H3. The third-order valence-corrected chi connectivity index (χ3v) is 6.76. The zero-order valence-electron chi connectivity index (χ0n) is 21.2. The Kier molecular flexibility index (Phi) is 6.99. The van der Waals surface area contributed by atoms with Crippen molar-refractivity contribution in [2.45, 2.75) is 71.6 Å². The van der Waals surface area contributed by atoms with Crippen molar-refractivity contribution < 1.29 is 17.9 Å². The van der Waals surface area contributed by atoms with Crippen molar-refractivity contribution in [2.24, 2.45) is 0 Å². The molecule has 1 fully saturated rings. The molecule has 0 aliphatic carbocycles. The van der Waals surface area contributed by atoms with Crippen molar-refractivity contribution in [1.82, 2.24) is 28.5 Å². The van der Waals surface area contributed by atoms with Gasteiger partial charge in [0.05, 0.1) is 23.9 Å². The lowest BCUT2D eigenvalue weighted by Crippen LogP contribution is -2.40. The first-order valence-corrected chi connectivity index (χ1v) is 12.8. The number of halogens is 3. The Morgan fingerprint density at radius 3 is 2.63 bits per heavy atom. The van der Waals surface area contributed by atoms with Gasteiger partial charge in [-0.3, -0.25) is 23.2 Å². The van der Waals surface area contributed by atoms with Gasteiger partial charge in [0.2, 0.25) is 0 Å². The Hall–Kier alpha value is -3.67. The van der Waals surface area contributed by atoms with E-state index in [1.807, 2.05) is 13.8 Å². The number of fused-ring (bicyclic) bond motifs is 1. The second-order valence-corrected chi connectivity index (χ2v) is 9.41. The summed E-state index contributed by atoms with van der Waals surface area (Å²) in [6, 6.07) is 5.11. The minimum absolute atomic E-state index is 0.118. The van der Waals surface area contributed by atoms with E-state index in [0.717, 1.165) is 25.0 Å². The van der Waals surface area contributed by atoms with Crippen molar-refractivity contribution >= 4 is 11.2 Å². The largest absolute Gasteiger partial charge is 0.416 e. The molecule has 4 aromatic rings. The minimum Gasteiger partial charge on any atom is -0.358 e. The second kappa shape index (κ2) is 10.2. The molecule has 0 bridgehead atoms. The van der Waals surface area contributed by atoms with Crippen LogP contribution in [0.4, 0.5) is 13.2 Å². The van der Waals surface area contributed by atoms with E-state index in [9.17, 15) is 22.8 Å². The van der Waals surface area contributed by atoms with E-state index in [2.05, 4.69) is 5.10 Å². The number of alkyl halides is 3. The lowest BCUT2D eigenvalue weighted by molar-refractivity contribution is -0.137. The summed E-state index contributed by atoms with van der Waals surface area (Å²) in [5, 5.41) is 4.36. The van der Waals surface area contributed by atoms with Gasteiger partial charge < -0.3 is 4.74 Å². The fourth-order valence-electron chi connectivity index (χ4n) is 4.97. The van der Waals surface area contributed by atoms with Gasteiger partial charge in [-0.15, -0.1) is 0 Å². The van der Waals surface area contributed by atoms with Gasteiger partial charge in [-0.05, 0) is 50.3 Å². The maximum Gasteiger partial charge on any atom is 0.416 e. The normalized spacial score (nSPS) is 16.4. The average Bonchev–Trinajstić information content (AvgIpc) is 3.52. The number of ether oxygens (including phenoxy) is 1. The number of aromatic nitrogens is 6. The van der Waals surface area contributed by atoms with Crippen LogP contribution in [0.25, 0.3) is 22.6 Å². The van der Waals surface area contributed by atoms with Crippen LogP contribution in [0.2, 0.25) is 0 Å². The van der Waals surface area contributed by atoms with Crippen LogP contribution >= 0.6 is 0 Å². The fourth-order valence-corrected chi connectivity index (χ4v) is 4.97. The fraction of sp³-hybridized carbons (Fsp3) is 0.462. The molecule has 1 aliphatic heterocycles. The molecule has 9 nitrogen and oxygen atoms in total. The minimum atomic E-state index is -4.43. The van der Waals surface area contributed by atoms with Crippen LogP contribution in [0.5, 0.6) is 0 Å². The second-order valence-electron chi connectivity index (χ2n) is 9.41. The zero-order valence-corrected chi connectivity index (χ0v) is 21.2. The molecule has 12 heteroatoms. The summed E-state index contributed by atoms with van der Waals surface area (Å²) < 4.78 is 51.5. The van der Waals surface area contributed by atoms with Gasteiger partial charge in [0.25, 0.3) is 5.56 Å². The maximum atomic E-state index is 13.6. The van der Waals surface area contributed by atoms with Crippen molar-refractivity contribution in [1.29, 1.82) is 0 Å². The maximum absolute atomic E-state index is 13.6. The Balaban J connectivity index is 1.64. The molecule has 3 aromatic heterocycles. The van der Waals surface area contributed by atoms with Crippen LogP contribution in [0.15, 0.2) is 46.2 Å². The summed E-state index contributed by atoms with van der Waals surface area (Å²) in [5.74, 6) is 0.426. The molecule has 0 saturated carbocycles. The average molecular weight is 531 g/mol. The first-order valence-electron chi connectivity index (χ1n) is 12.8. The van der Waals surface area contributed by atoms with Gasteiger partial charge in [0.15, 0.2) is 11.2 Å². The molecule has 202 valence electrons. The lowest BCUT2D eigenvalue weighted by atomic mass is 10.1. The van der Waals surface area contributed by atoms with Crippen molar-refractivity contribution in [3.05, 3.63) is 68.6 Å². The molecule has 0 amide bonds. The lowest BCUT2D eigenvalue weighted by Gasteiger charge is -2.25. The van der Waals surface area contributed by atoms with Crippen molar-refractivity contribution in [3.8, 4) is 11.4 Å². The van der Waals surface area contributed by atoms with E-state index in [-0.39, 0.29) is 18.7 Å². The van der Waals surface area contributed by atoms with Crippen LogP contribution in [0, 0.1) is 0 Å². The van der Waals surface area contributed by atoms with E-state index >= 15 is 0 Å². The summed E-state index contributed by atoms with van der Waals surface area (Å²) in [5.41, 5.74) is 0.0463. The van der Waals surface area contributed by atoms with Gasteiger partial charge >= 0.3 is 11.9 Å². The summed E-state index contributed by atoms with van der Waals surface area (Å²) >= 11 is 0. The molecule has 1 aromatic carbocycles. The summed E-state index contributed by atoms with van der Waals surface area (Å²) in [4.78, 5) is 31.5. The molecule has 1 atom stereocenters. The Labute approximate surface area is 216 Å². The Morgan fingerprint density at radius 2 is 1.95 bits per heavy atom.